The molecule has 0 spiro atoms. The van der Waals surface area contributed by atoms with Crippen molar-refractivity contribution in [3.63, 3.8) is 0 Å². The molecule has 2 aromatic rings. The third-order valence-electron chi connectivity index (χ3n) is 9.79. The van der Waals surface area contributed by atoms with Gasteiger partial charge >= 0.3 is 0 Å². The minimum atomic E-state index is -0.980. The Morgan fingerprint density at radius 1 is 0.796 bits per heavy atom. The molecule has 4 amide bonds. The van der Waals surface area contributed by atoms with E-state index in [9.17, 15) is 24.0 Å². The number of carbonyl (C=O) groups excluding carboxylic acids is 5. The van der Waals surface area contributed by atoms with Gasteiger partial charge in [-0.05, 0) is 55.1 Å². The first-order valence-electron chi connectivity index (χ1n) is 19.4. The molecule has 0 bridgehead atoms. The molecule has 2 aliphatic rings. The Bertz CT molecular complexity index is 1540. The molecule has 5 atom stereocenters. The van der Waals surface area contributed by atoms with Crippen LogP contribution in [-0.2, 0) is 46.3 Å². The van der Waals surface area contributed by atoms with Crippen LogP contribution < -0.4 is 21.3 Å². The fraction of sp³-hybridized carbons (Fsp3) is 0.595. The summed E-state index contributed by atoms with van der Waals surface area (Å²) < 4.78 is 10.9. The molecule has 2 heterocycles. The zero-order valence-corrected chi connectivity index (χ0v) is 33.0. The zero-order chi connectivity index (χ0) is 39.3. The fourth-order valence-corrected chi connectivity index (χ4v) is 6.76. The summed E-state index contributed by atoms with van der Waals surface area (Å²) in [5, 5.41) is 11.7. The van der Waals surface area contributed by atoms with Crippen LogP contribution in [0.3, 0.4) is 0 Å². The van der Waals surface area contributed by atoms with Gasteiger partial charge < -0.3 is 30.7 Å². The Balaban J connectivity index is 1.49. The predicted octanol–water partition coefficient (Wildman–Crippen LogP) is 3.22. The van der Waals surface area contributed by atoms with Crippen LogP contribution in [0.15, 0.2) is 60.7 Å². The van der Waals surface area contributed by atoms with Crippen LogP contribution in [0, 0.1) is 17.3 Å². The van der Waals surface area contributed by atoms with Crippen molar-refractivity contribution in [1.82, 2.24) is 26.2 Å². The molecule has 4 rings (SSSR count). The smallest absolute Gasteiger partial charge is 0.243 e. The van der Waals surface area contributed by atoms with Crippen molar-refractivity contribution in [3.8, 4) is 0 Å². The average Bonchev–Trinajstić information content (AvgIpc) is 3.89. The molecular formula is C42H61N5O7. The van der Waals surface area contributed by atoms with E-state index in [2.05, 4.69) is 42.0 Å². The summed E-state index contributed by atoms with van der Waals surface area (Å²) in [6.45, 7) is 14.8. The number of aryl methyl sites for hydroxylation is 1. The van der Waals surface area contributed by atoms with Gasteiger partial charge in [0.05, 0.1) is 26.4 Å². The molecule has 2 saturated heterocycles. The molecule has 0 aliphatic carbocycles. The maximum atomic E-state index is 14.1. The number of nitrogens with zero attached hydrogens (tertiary/aromatic N) is 1. The molecule has 54 heavy (non-hydrogen) atoms. The van der Waals surface area contributed by atoms with Crippen LogP contribution in [-0.4, -0.2) is 104 Å². The van der Waals surface area contributed by atoms with Gasteiger partial charge in [0.25, 0.3) is 0 Å². The van der Waals surface area contributed by atoms with E-state index in [0.717, 1.165) is 11.1 Å². The molecule has 12 heteroatoms. The van der Waals surface area contributed by atoms with Crippen LogP contribution >= 0.6 is 0 Å². The Kier molecular flexibility index (Phi) is 15.8. The van der Waals surface area contributed by atoms with E-state index in [1.54, 1.807) is 6.92 Å². The number of morpholine rings is 1. The van der Waals surface area contributed by atoms with Crippen molar-refractivity contribution in [2.24, 2.45) is 17.3 Å². The normalized spacial score (nSPS) is 19.5. The number of rotatable bonds is 20. The topological polar surface area (TPSA) is 158 Å². The van der Waals surface area contributed by atoms with Crippen molar-refractivity contribution < 1.29 is 33.4 Å². The lowest BCUT2D eigenvalue weighted by Gasteiger charge is -2.29. The molecule has 2 aromatic carbocycles. The third-order valence-corrected chi connectivity index (χ3v) is 9.79. The predicted molar refractivity (Wildman–Crippen MR) is 207 cm³/mol. The number of hydrogen-bond acceptors (Lipinski definition) is 8. The van der Waals surface area contributed by atoms with Gasteiger partial charge in [-0.15, -0.1) is 0 Å². The van der Waals surface area contributed by atoms with E-state index in [1.165, 1.54) is 0 Å². The standard InChI is InChI=1S/C42H61N5O7/c1-29(2)23-34(45-39(51)33(18-17-30-13-9-7-10-14-30)44-36(48)27-47-19-21-53-22-20-47)40(52)46-35(24-31-15-11-8-12-16-31)38(50)43-26-32(25-41(3,4)5)37(49)42(6)28-54-42/h7-16,29,32-35H,17-28H2,1-6H3,(H,43,50)(H,44,48)(H,45,51)(H,46,52)/t32-,33+,34+,35+,42-/m1/s1. The molecular weight excluding hydrogens is 686 g/mol. The Morgan fingerprint density at radius 2 is 1.37 bits per heavy atom. The number of hydrogen-bond donors (Lipinski definition) is 4. The molecule has 296 valence electrons. The Hall–Kier alpha value is -4.13. The monoisotopic (exact) mass is 747 g/mol. The molecule has 2 fully saturated rings. The van der Waals surface area contributed by atoms with Gasteiger partial charge in [0.15, 0.2) is 5.78 Å². The Labute approximate surface area is 320 Å². The first-order chi connectivity index (χ1) is 25.6. The third kappa shape index (κ3) is 14.3. The van der Waals surface area contributed by atoms with E-state index < -0.39 is 47.4 Å². The second-order valence-electron chi connectivity index (χ2n) is 16.6. The number of carbonyl (C=O) groups is 5. The second-order valence-corrected chi connectivity index (χ2v) is 16.6. The van der Waals surface area contributed by atoms with Gasteiger partial charge in [-0.3, -0.25) is 28.9 Å². The maximum absolute atomic E-state index is 14.1. The lowest BCUT2D eigenvalue weighted by Crippen LogP contribution is -2.58. The summed E-state index contributed by atoms with van der Waals surface area (Å²) >= 11 is 0. The highest BCUT2D eigenvalue weighted by Gasteiger charge is 2.50. The quantitative estimate of drug-likeness (QED) is 0.151. The molecule has 0 aromatic heterocycles. The summed E-state index contributed by atoms with van der Waals surface area (Å²) in [4.78, 5) is 70.5. The van der Waals surface area contributed by atoms with E-state index in [4.69, 9.17) is 9.47 Å². The van der Waals surface area contributed by atoms with Crippen molar-refractivity contribution in [2.45, 2.75) is 97.4 Å². The number of benzene rings is 2. The number of epoxide rings is 1. The van der Waals surface area contributed by atoms with Gasteiger partial charge in [0, 0.05) is 32.0 Å². The van der Waals surface area contributed by atoms with Crippen LogP contribution in [0.2, 0.25) is 0 Å². The molecule has 2 aliphatic heterocycles. The van der Waals surface area contributed by atoms with Crippen LogP contribution in [0.4, 0.5) is 0 Å². The molecule has 0 saturated carbocycles. The van der Waals surface area contributed by atoms with Gasteiger partial charge in [-0.2, -0.15) is 0 Å². The zero-order valence-electron chi connectivity index (χ0n) is 33.0. The number of nitrogens with one attached hydrogen (secondary N) is 4. The van der Waals surface area contributed by atoms with E-state index in [-0.39, 0.29) is 42.5 Å². The minimum Gasteiger partial charge on any atom is -0.379 e. The number of Topliss-reactive ketones (excluding diaryl/α,β-unsaturated/α-hetero) is 1. The molecule has 4 N–H and O–H groups in total. The number of ketones is 1. The van der Waals surface area contributed by atoms with Crippen LogP contribution in [0.1, 0.15) is 71.9 Å². The Morgan fingerprint density at radius 3 is 1.94 bits per heavy atom. The minimum absolute atomic E-state index is 0.0244. The van der Waals surface area contributed by atoms with Gasteiger partial charge in [0.1, 0.15) is 23.7 Å². The highest BCUT2D eigenvalue weighted by molar-refractivity contribution is 5.95. The fourth-order valence-electron chi connectivity index (χ4n) is 6.76. The van der Waals surface area contributed by atoms with Crippen LogP contribution in [0.5, 0.6) is 0 Å². The number of amides is 4. The summed E-state index contributed by atoms with van der Waals surface area (Å²) in [7, 11) is 0. The highest BCUT2D eigenvalue weighted by atomic mass is 16.6. The second kappa shape index (κ2) is 20.0. The van der Waals surface area contributed by atoms with Crippen molar-refractivity contribution in [2.75, 3.05) is 46.0 Å². The van der Waals surface area contributed by atoms with Crippen molar-refractivity contribution in [3.05, 3.63) is 71.8 Å². The van der Waals surface area contributed by atoms with Crippen LogP contribution in [0.25, 0.3) is 0 Å². The largest absolute Gasteiger partial charge is 0.379 e. The van der Waals surface area contributed by atoms with Gasteiger partial charge in [0.2, 0.25) is 23.6 Å². The summed E-state index contributed by atoms with van der Waals surface area (Å²) in [5.41, 5.74) is 0.861. The van der Waals surface area contributed by atoms with E-state index >= 15 is 0 Å². The average molecular weight is 748 g/mol. The van der Waals surface area contributed by atoms with E-state index in [0.29, 0.717) is 58.6 Å². The maximum Gasteiger partial charge on any atom is 0.243 e. The van der Waals surface area contributed by atoms with Gasteiger partial charge in [-0.25, -0.2) is 0 Å². The lowest BCUT2D eigenvalue weighted by molar-refractivity contribution is -0.134. The SMILES string of the molecule is CC(C)C[C@H](NC(=O)[C@H](CCc1ccccc1)NC(=O)CN1CCOCC1)C(=O)N[C@@H](Cc1ccccc1)C(=O)NC[C@@H](CC(C)(C)C)C(=O)[C@@]1(C)CO1. The first kappa shape index (κ1) is 42.6. The van der Waals surface area contributed by atoms with Crippen molar-refractivity contribution in [1.29, 1.82) is 0 Å². The summed E-state index contributed by atoms with van der Waals surface area (Å²) in [6.07, 6.45) is 1.94. The summed E-state index contributed by atoms with van der Waals surface area (Å²) in [6, 6.07) is 16.3. The van der Waals surface area contributed by atoms with E-state index in [1.807, 2.05) is 79.4 Å². The first-order valence-corrected chi connectivity index (χ1v) is 19.4. The van der Waals surface area contributed by atoms with Gasteiger partial charge in [-0.1, -0.05) is 95.3 Å². The molecule has 0 radical (unpaired) electrons. The lowest BCUT2D eigenvalue weighted by atomic mass is 9.80. The number of ether oxygens (including phenoxy) is 2. The molecule has 0 unspecified atom stereocenters. The van der Waals surface area contributed by atoms with Crippen molar-refractivity contribution >= 4 is 29.4 Å². The summed E-state index contributed by atoms with van der Waals surface area (Å²) in [5.74, 6) is -2.15. The molecule has 12 nitrogen and oxygen atoms in total. The highest BCUT2D eigenvalue weighted by Crippen LogP contribution is 2.34.